The molecule has 0 amide bonds. The molecular formula is C14H17N5S. The van der Waals surface area contributed by atoms with Crippen LogP contribution in [0.5, 0.6) is 0 Å². The molecule has 5 nitrogen and oxygen atoms in total. The van der Waals surface area contributed by atoms with Gasteiger partial charge in [-0.25, -0.2) is 0 Å². The summed E-state index contributed by atoms with van der Waals surface area (Å²) in [5.41, 5.74) is 2.60. The van der Waals surface area contributed by atoms with Gasteiger partial charge in [-0.05, 0) is 24.6 Å². The molecule has 104 valence electrons. The van der Waals surface area contributed by atoms with E-state index in [2.05, 4.69) is 32.8 Å². The average molecular weight is 287 g/mol. The first kappa shape index (κ1) is 14.3. The minimum atomic E-state index is 0.662. The summed E-state index contributed by atoms with van der Waals surface area (Å²) >= 11 is 1.38. The van der Waals surface area contributed by atoms with Gasteiger partial charge in [0.1, 0.15) is 10.7 Å². The summed E-state index contributed by atoms with van der Waals surface area (Å²) in [6.07, 6.45) is 1.07. The summed E-state index contributed by atoms with van der Waals surface area (Å²) in [7, 11) is 1.99. The maximum atomic E-state index is 8.94. The van der Waals surface area contributed by atoms with Crippen LogP contribution in [0.4, 0.5) is 10.7 Å². The first-order valence-electron chi connectivity index (χ1n) is 6.51. The smallest absolute Gasteiger partial charge is 0.135 e. The predicted octanol–water partition coefficient (Wildman–Crippen LogP) is 2.87. The highest BCUT2D eigenvalue weighted by Crippen LogP contribution is 2.22. The fourth-order valence-electron chi connectivity index (χ4n) is 1.81. The Morgan fingerprint density at radius 3 is 3.05 bits per heavy atom. The molecule has 1 aromatic heterocycles. The first-order chi connectivity index (χ1) is 9.74. The van der Waals surface area contributed by atoms with Gasteiger partial charge in [0, 0.05) is 30.8 Å². The lowest BCUT2D eigenvalue weighted by atomic mass is 10.2. The van der Waals surface area contributed by atoms with Crippen molar-refractivity contribution in [2.24, 2.45) is 0 Å². The molecule has 1 aromatic carbocycles. The van der Waals surface area contributed by atoms with E-state index < -0.39 is 0 Å². The summed E-state index contributed by atoms with van der Waals surface area (Å²) in [6.45, 7) is 3.71. The molecule has 0 bridgehead atoms. The van der Waals surface area contributed by atoms with E-state index in [1.807, 2.05) is 25.2 Å². The molecule has 2 aromatic rings. The Bertz CT molecular complexity index is 602. The third-order valence-electron chi connectivity index (χ3n) is 2.89. The number of nitrogens with one attached hydrogen (secondary N) is 1. The van der Waals surface area contributed by atoms with Gasteiger partial charge in [-0.2, -0.15) is 5.26 Å². The van der Waals surface area contributed by atoms with Crippen LogP contribution in [0.25, 0.3) is 0 Å². The Morgan fingerprint density at radius 2 is 2.30 bits per heavy atom. The molecule has 0 aliphatic heterocycles. The highest BCUT2D eigenvalue weighted by atomic mass is 32.1. The molecule has 0 fully saturated rings. The van der Waals surface area contributed by atoms with Crippen LogP contribution in [0, 0.1) is 11.3 Å². The van der Waals surface area contributed by atoms with E-state index in [4.69, 9.17) is 5.26 Å². The molecule has 1 N–H and O–H groups in total. The van der Waals surface area contributed by atoms with Crippen LogP contribution in [0.3, 0.4) is 0 Å². The Hall–Kier alpha value is -2.13. The number of benzene rings is 1. The number of anilines is 2. The van der Waals surface area contributed by atoms with Gasteiger partial charge < -0.3 is 10.2 Å². The van der Waals surface area contributed by atoms with Crippen molar-refractivity contribution in [3.63, 3.8) is 0 Å². The standard InChI is InChI=1S/C14H17N5S/c1-3-7-16-14-13(17-18-20-14)10-19(2)12-6-4-5-11(8-12)9-15/h4-6,8,16H,3,7,10H2,1-2H3. The van der Waals surface area contributed by atoms with Gasteiger partial charge in [-0.1, -0.05) is 17.5 Å². The minimum absolute atomic E-state index is 0.662. The quantitative estimate of drug-likeness (QED) is 0.885. The van der Waals surface area contributed by atoms with Crippen LogP contribution in [0.1, 0.15) is 24.6 Å². The second kappa shape index (κ2) is 6.87. The van der Waals surface area contributed by atoms with E-state index >= 15 is 0 Å². The van der Waals surface area contributed by atoms with Crippen LogP contribution in [-0.2, 0) is 6.54 Å². The van der Waals surface area contributed by atoms with Crippen LogP contribution >= 0.6 is 11.5 Å². The Labute approximate surface area is 123 Å². The van der Waals surface area contributed by atoms with Gasteiger partial charge in [0.25, 0.3) is 0 Å². The topological polar surface area (TPSA) is 64.8 Å². The maximum Gasteiger partial charge on any atom is 0.135 e. The third kappa shape index (κ3) is 3.45. The first-order valence-corrected chi connectivity index (χ1v) is 7.28. The molecule has 0 saturated heterocycles. The zero-order valence-corrected chi connectivity index (χ0v) is 12.4. The molecule has 0 saturated carbocycles. The summed E-state index contributed by atoms with van der Waals surface area (Å²) in [4.78, 5) is 2.06. The molecule has 0 aliphatic rings. The van der Waals surface area contributed by atoms with E-state index in [1.54, 1.807) is 6.07 Å². The molecule has 0 spiro atoms. The second-order valence-corrected chi connectivity index (χ2v) is 5.25. The molecule has 2 rings (SSSR count). The summed E-state index contributed by atoms with van der Waals surface area (Å²) in [5.74, 6) is 0. The highest BCUT2D eigenvalue weighted by Gasteiger charge is 2.11. The second-order valence-electron chi connectivity index (χ2n) is 4.49. The van der Waals surface area contributed by atoms with E-state index in [-0.39, 0.29) is 0 Å². The fraction of sp³-hybridized carbons (Fsp3) is 0.357. The molecule has 0 radical (unpaired) electrons. The molecular weight excluding hydrogens is 270 g/mol. The van der Waals surface area contributed by atoms with Gasteiger partial charge in [0.15, 0.2) is 0 Å². The van der Waals surface area contributed by atoms with Gasteiger partial charge >= 0.3 is 0 Å². The van der Waals surface area contributed by atoms with Gasteiger partial charge in [-0.15, -0.1) is 5.10 Å². The number of hydrogen-bond donors (Lipinski definition) is 1. The van der Waals surface area contributed by atoms with Crippen LogP contribution < -0.4 is 10.2 Å². The highest BCUT2D eigenvalue weighted by molar-refractivity contribution is 7.10. The SMILES string of the molecule is CCCNc1snnc1CN(C)c1cccc(C#N)c1. The lowest BCUT2D eigenvalue weighted by molar-refractivity contribution is 0.869. The van der Waals surface area contributed by atoms with Crippen molar-refractivity contribution in [1.29, 1.82) is 5.26 Å². The number of aromatic nitrogens is 2. The van der Waals surface area contributed by atoms with Crippen molar-refractivity contribution < 1.29 is 0 Å². The van der Waals surface area contributed by atoms with E-state index in [1.165, 1.54) is 11.5 Å². The van der Waals surface area contributed by atoms with E-state index in [0.29, 0.717) is 12.1 Å². The Morgan fingerprint density at radius 1 is 1.45 bits per heavy atom. The molecule has 20 heavy (non-hydrogen) atoms. The zero-order chi connectivity index (χ0) is 14.4. The van der Waals surface area contributed by atoms with Crippen molar-refractivity contribution in [3.8, 4) is 6.07 Å². The van der Waals surface area contributed by atoms with Gasteiger partial charge in [0.05, 0.1) is 18.2 Å². The Balaban J connectivity index is 2.09. The lowest BCUT2D eigenvalue weighted by Gasteiger charge is -2.18. The summed E-state index contributed by atoms with van der Waals surface area (Å²) < 4.78 is 4.01. The van der Waals surface area contributed by atoms with Gasteiger partial charge in [-0.3, -0.25) is 0 Å². The zero-order valence-electron chi connectivity index (χ0n) is 11.6. The molecule has 0 unspecified atom stereocenters. The third-order valence-corrected chi connectivity index (χ3v) is 3.62. The van der Waals surface area contributed by atoms with Crippen molar-refractivity contribution in [2.45, 2.75) is 19.9 Å². The van der Waals surface area contributed by atoms with Crippen molar-refractivity contribution in [1.82, 2.24) is 9.59 Å². The molecule has 0 aliphatic carbocycles. The number of rotatable bonds is 6. The van der Waals surface area contributed by atoms with E-state index in [9.17, 15) is 0 Å². The summed E-state index contributed by atoms with van der Waals surface area (Å²) in [6, 6.07) is 9.71. The van der Waals surface area contributed by atoms with Crippen molar-refractivity contribution >= 4 is 22.2 Å². The fourth-order valence-corrected chi connectivity index (χ4v) is 2.41. The number of nitriles is 1. The largest absolute Gasteiger partial charge is 0.374 e. The normalized spacial score (nSPS) is 10.1. The van der Waals surface area contributed by atoms with Gasteiger partial charge in [0.2, 0.25) is 0 Å². The lowest BCUT2D eigenvalue weighted by Crippen LogP contribution is -2.17. The minimum Gasteiger partial charge on any atom is -0.374 e. The molecule has 1 heterocycles. The number of hydrogen-bond acceptors (Lipinski definition) is 6. The van der Waals surface area contributed by atoms with Crippen LogP contribution in [0.15, 0.2) is 24.3 Å². The van der Waals surface area contributed by atoms with Crippen molar-refractivity contribution in [2.75, 3.05) is 23.8 Å². The molecule has 6 heteroatoms. The average Bonchev–Trinajstić information content (AvgIpc) is 2.92. The van der Waals surface area contributed by atoms with Crippen LogP contribution in [-0.4, -0.2) is 23.2 Å². The summed E-state index contributed by atoms with van der Waals surface area (Å²) in [5, 5.41) is 17.5. The maximum absolute atomic E-state index is 8.94. The number of nitrogens with zero attached hydrogens (tertiary/aromatic N) is 4. The molecule has 0 atom stereocenters. The predicted molar refractivity (Wildman–Crippen MR) is 82.0 cm³/mol. The van der Waals surface area contributed by atoms with Crippen LogP contribution in [0.2, 0.25) is 0 Å². The monoisotopic (exact) mass is 287 g/mol. The van der Waals surface area contributed by atoms with Crippen molar-refractivity contribution in [3.05, 3.63) is 35.5 Å². The van der Waals surface area contributed by atoms with E-state index in [0.717, 1.165) is 29.3 Å². The Kier molecular flexibility index (Phi) is 4.91.